The predicted molar refractivity (Wildman–Crippen MR) is 227 cm³/mol. The third-order valence-electron chi connectivity index (χ3n) is 11.9. The number of piperazine rings is 1. The normalized spacial score (nSPS) is 20.9. The number of rotatable bonds is 15. The third-order valence-corrected chi connectivity index (χ3v) is 16.0. The Morgan fingerprint density at radius 3 is 2.27 bits per heavy atom. The first kappa shape index (κ1) is 45.2. The highest BCUT2D eigenvalue weighted by molar-refractivity contribution is 7.99. The van der Waals surface area contributed by atoms with Gasteiger partial charge in [0.1, 0.15) is 16.8 Å². The summed E-state index contributed by atoms with van der Waals surface area (Å²) in [7, 11) is -10.9. The molecule has 4 amide bonds. The molecule has 9 rings (SSSR count). The summed E-state index contributed by atoms with van der Waals surface area (Å²) in [6.45, 7) is 2.05. The van der Waals surface area contributed by atoms with Gasteiger partial charge in [-0.25, -0.2) is 25.9 Å². The molecule has 3 unspecified atom stereocenters. The van der Waals surface area contributed by atoms with Crippen LogP contribution in [0.15, 0.2) is 106 Å². The summed E-state index contributed by atoms with van der Waals surface area (Å²) in [5.74, 6) is -2.74. The van der Waals surface area contributed by atoms with Gasteiger partial charge in [-0.1, -0.05) is 36.4 Å². The first-order valence-corrected chi connectivity index (χ1v) is 24.3. The monoisotopic (exact) mass is 942 g/mol. The number of alkyl halides is 3. The lowest BCUT2D eigenvalue weighted by Gasteiger charge is -2.56. The summed E-state index contributed by atoms with van der Waals surface area (Å²) >= 11 is 1.40. The van der Waals surface area contributed by atoms with E-state index in [1.165, 1.54) is 47.0 Å². The number of sulfone groups is 1. The van der Waals surface area contributed by atoms with E-state index in [2.05, 4.69) is 20.4 Å². The summed E-state index contributed by atoms with van der Waals surface area (Å²) < 4.78 is 112. The molecule has 64 heavy (non-hydrogen) atoms. The summed E-state index contributed by atoms with van der Waals surface area (Å²) in [6, 6.07) is 20.2. The van der Waals surface area contributed by atoms with Crippen LogP contribution in [0.4, 0.5) is 23.2 Å². The van der Waals surface area contributed by atoms with E-state index in [1.54, 1.807) is 16.9 Å². The first-order valence-electron chi connectivity index (χ1n) is 20.3. The van der Waals surface area contributed by atoms with Gasteiger partial charge >= 0.3 is 5.51 Å². The van der Waals surface area contributed by atoms with Crippen molar-refractivity contribution < 1.29 is 53.6 Å². The van der Waals surface area contributed by atoms with E-state index in [9.17, 15) is 49.2 Å². The Balaban J connectivity index is 0.957. The SMILES string of the molecule is O=C1CCC(N2Cc3cc(CN4C5CC4CN(CC[C@H](CSc4ccccc4)Nc4ccc(S(=O)(=O)NC(=O)c6ccccc6)cc4S(=O)(=O)C(F)(F)F)C5)c(F)cc3C2=O)C(=O)N1. The zero-order valence-electron chi connectivity index (χ0n) is 33.9. The minimum absolute atomic E-state index is 0.0433. The standard InChI is InChI=1S/C43H42F4N6O8S3/c44-35-20-34-27(21-53(42(34)57)37-13-14-39(54)49-41(37)56)17-28(35)22-52-30-18-31(52)24-51(23-30)16-15-29(25-62-32-9-5-2-6-10-32)48-36-12-11-33(19-38(36)63(58,59)43(45,46)47)64(60,61)50-40(55)26-7-3-1-4-8-26/h1-12,17,19-20,29-31,37,48H,13-16,18,21-25H2,(H,50,55)(H,49,54,56)/t29-,30?,31?,37?/m1/s1. The number of nitrogens with zero attached hydrogens (tertiary/aromatic N) is 3. The number of hydrogen-bond acceptors (Lipinski definition) is 12. The number of nitrogens with one attached hydrogen (secondary N) is 3. The Hall–Kier alpha value is -5.35. The number of halogens is 4. The highest BCUT2D eigenvalue weighted by Gasteiger charge is 2.49. The van der Waals surface area contributed by atoms with Crippen LogP contribution in [0.25, 0.3) is 0 Å². The van der Waals surface area contributed by atoms with E-state index < -0.39 is 82.4 Å². The number of carbonyl (C=O) groups is 4. The number of benzene rings is 4. The van der Waals surface area contributed by atoms with Crippen LogP contribution in [0, 0.1) is 5.82 Å². The zero-order chi connectivity index (χ0) is 45.6. The van der Waals surface area contributed by atoms with Crippen molar-refractivity contribution in [2.75, 3.05) is 30.7 Å². The summed E-state index contributed by atoms with van der Waals surface area (Å²) in [4.78, 5) is 54.4. The zero-order valence-corrected chi connectivity index (χ0v) is 36.3. The van der Waals surface area contributed by atoms with Gasteiger partial charge in [-0.15, -0.1) is 11.8 Å². The topological polar surface area (TPSA) is 182 Å². The van der Waals surface area contributed by atoms with Crippen LogP contribution in [0.2, 0.25) is 0 Å². The molecule has 3 N–H and O–H groups in total. The molecule has 4 aromatic rings. The van der Waals surface area contributed by atoms with Crippen LogP contribution in [0.5, 0.6) is 0 Å². The fourth-order valence-corrected chi connectivity index (χ4v) is 11.6. The number of piperidine rings is 2. The van der Waals surface area contributed by atoms with Crippen LogP contribution in [0.3, 0.4) is 0 Å². The minimum atomic E-state index is -6.11. The number of carbonyl (C=O) groups excluding carboxylic acids is 4. The Bertz CT molecular complexity index is 2700. The molecule has 5 aliphatic rings. The Morgan fingerprint density at radius 1 is 0.906 bits per heavy atom. The molecule has 5 aliphatic heterocycles. The molecule has 5 heterocycles. The van der Waals surface area contributed by atoms with Crippen LogP contribution in [-0.4, -0.2) is 110 Å². The number of fused-ring (bicyclic) bond motifs is 3. The molecule has 0 aromatic heterocycles. The second-order valence-electron chi connectivity index (χ2n) is 16.1. The largest absolute Gasteiger partial charge is 0.501 e. The van der Waals surface area contributed by atoms with E-state index in [4.69, 9.17) is 0 Å². The Labute approximate surface area is 370 Å². The second kappa shape index (κ2) is 17.9. The molecule has 2 bridgehead atoms. The second-order valence-corrected chi connectivity index (χ2v) is 20.8. The predicted octanol–water partition coefficient (Wildman–Crippen LogP) is 4.92. The lowest BCUT2D eigenvalue weighted by molar-refractivity contribution is -0.136. The molecule has 21 heteroatoms. The molecule has 0 radical (unpaired) electrons. The smallest absolute Gasteiger partial charge is 0.380 e. The molecular weight excluding hydrogens is 901 g/mol. The molecule has 4 saturated heterocycles. The maximum Gasteiger partial charge on any atom is 0.501 e. The van der Waals surface area contributed by atoms with Crippen molar-refractivity contribution in [2.24, 2.45) is 0 Å². The van der Waals surface area contributed by atoms with Gasteiger partial charge in [-0.05, 0) is 79.4 Å². The number of imide groups is 1. The highest BCUT2D eigenvalue weighted by Crippen LogP contribution is 2.39. The summed E-state index contributed by atoms with van der Waals surface area (Å²) in [5, 5.41) is 5.24. The van der Waals surface area contributed by atoms with Crippen LogP contribution in [-0.2, 0) is 42.5 Å². The quantitative estimate of drug-likeness (QED) is 0.0833. The molecule has 4 aromatic carbocycles. The highest BCUT2D eigenvalue weighted by atomic mass is 32.2. The van der Waals surface area contributed by atoms with Crippen molar-refractivity contribution >= 4 is 60.9 Å². The van der Waals surface area contributed by atoms with E-state index in [-0.39, 0.29) is 54.9 Å². The Morgan fingerprint density at radius 2 is 1.59 bits per heavy atom. The molecule has 14 nitrogen and oxygen atoms in total. The lowest BCUT2D eigenvalue weighted by Crippen LogP contribution is -2.68. The van der Waals surface area contributed by atoms with Gasteiger partial charge in [0.15, 0.2) is 0 Å². The molecule has 4 fully saturated rings. The van der Waals surface area contributed by atoms with Crippen molar-refractivity contribution in [3.63, 3.8) is 0 Å². The summed E-state index contributed by atoms with van der Waals surface area (Å²) in [5.41, 5.74) is -5.10. The van der Waals surface area contributed by atoms with Gasteiger partial charge in [0.25, 0.3) is 31.7 Å². The van der Waals surface area contributed by atoms with Gasteiger partial charge in [0.05, 0.1) is 10.6 Å². The number of hydrogen-bond donors (Lipinski definition) is 3. The van der Waals surface area contributed by atoms with Crippen LogP contribution >= 0.6 is 11.8 Å². The van der Waals surface area contributed by atoms with Gasteiger partial charge in [0, 0.05) is 84.6 Å². The molecular formula is C43H42F4N6O8S3. The first-order chi connectivity index (χ1) is 30.4. The number of sulfonamides is 1. The van der Waals surface area contributed by atoms with Gasteiger partial charge in [0.2, 0.25) is 11.8 Å². The fraction of sp³-hybridized carbons (Fsp3) is 0.349. The van der Waals surface area contributed by atoms with E-state index in [0.717, 1.165) is 23.4 Å². The van der Waals surface area contributed by atoms with Gasteiger partial charge in [-0.3, -0.25) is 29.4 Å². The molecule has 0 aliphatic carbocycles. The van der Waals surface area contributed by atoms with Gasteiger partial charge < -0.3 is 15.1 Å². The maximum absolute atomic E-state index is 15.5. The lowest BCUT2D eigenvalue weighted by atomic mass is 9.86. The number of thioether (sulfide) groups is 1. The Kier molecular flexibility index (Phi) is 12.7. The average molecular weight is 943 g/mol. The molecule has 0 saturated carbocycles. The van der Waals surface area contributed by atoms with Crippen molar-refractivity contribution in [1.82, 2.24) is 24.7 Å². The summed E-state index contributed by atoms with van der Waals surface area (Å²) in [6.07, 6.45) is 1.49. The third kappa shape index (κ3) is 9.40. The molecule has 0 spiro atoms. The molecule has 338 valence electrons. The van der Waals surface area contributed by atoms with Crippen molar-refractivity contribution in [3.8, 4) is 0 Å². The average Bonchev–Trinajstić information content (AvgIpc) is 3.57. The van der Waals surface area contributed by atoms with Crippen LogP contribution < -0.4 is 15.4 Å². The van der Waals surface area contributed by atoms with Gasteiger partial charge in [-0.2, -0.15) is 13.2 Å². The van der Waals surface area contributed by atoms with E-state index in [0.29, 0.717) is 43.2 Å². The van der Waals surface area contributed by atoms with Crippen molar-refractivity contribution in [3.05, 3.63) is 119 Å². The van der Waals surface area contributed by atoms with E-state index in [1.807, 2.05) is 30.3 Å². The van der Waals surface area contributed by atoms with Crippen molar-refractivity contribution in [2.45, 2.75) is 83.1 Å². The maximum atomic E-state index is 15.5. The molecule has 4 atom stereocenters. The van der Waals surface area contributed by atoms with E-state index >= 15 is 4.39 Å². The number of amides is 4. The fourth-order valence-electron chi connectivity index (χ4n) is 8.61. The van der Waals surface area contributed by atoms with Crippen LogP contribution in [0.1, 0.15) is 57.5 Å². The van der Waals surface area contributed by atoms with Crippen molar-refractivity contribution in [1.29, 1.82) is 0 Å². The minimum Gasteiger partial charge on any atom is -0.380 e. The number of anilines is 1.